The zero-order valence-corrected chi connectivity index (χ0v) is 17.6. The van der Waals surface area contributed by atoms with E-state index in [1.54, 1.807) is 36.0 Å². The van der Waals surface area contributed by atoms with Crippen LogP contribution in [0.2, 0.25) is 0 Å². The maximum Gasteiger partial charge on any atom is 0.264 e. The molecule has 1 aromatic carbocycles. The van der Waals surface area contributed by atoms with E-state index in [1.807, 2.05) is 4.90 Å². The lowest BCUT2D eigenvalue weighted by Crippen LogP contribution is -2.39. The van der Waals surface area contributed by atoms with Gasteiger partial charge in [-0.05, 0) is 24.6 Å². The molecule has 0 aromatic heterocycles. The standard InChI is InChI=1S/C18H28N4O5S/c1-19(2)17(23)14-21-9-6-10-22(12-11-21)18(24)15-7-5-8-16(13-15)28(25,26)20(3)27-4/h5,7-8,13H,6,9-12,14H2,1-4H3. The molecule has 1 aromatic rings. The Labute approximate surface area is 166 Å². The second kappa shape index (κ2) is 9.46. The minimum Gasteiger partial charge on any atom is -0.348 e. The van der Waals surface area contributed by atoms with Gasteiger partial charge in [-0.25, -0.2) is 8.42 Å². The van der Waals surface area contributed by atoms with Gasteiger partial charge >= 0.3 is 0 Å². The summed E-state index contributed by atoms with van der Waals surface area (Å²) in [6.45, 7) is 2.69. The Kier molecular flexibility index (Phi) is 7.53. The molecule has 2 rings (SSSR count). The van der Waals surface area contributed by atoms with Gasteiger partial charge in [-0.15, -0.1) is 0 Å². The normalized spacial score (nSPS) is 16.1. The lowest BCUT2D eigenvalue weighted by molar-refractivity contribution is -0.129. The first kappa shape index (κ1) is 22.3. The van der Waals surface area contributed by atoms with Crippen LogP contribution in [0.4, 0.5) is 0 Å². The molecule has 0 bridgehead atoms. The average molecular weight is 413 g/mol. The van der Waals surface area contributed by atoms with Gasteiger partial charge in [0.05, 0.1) is 18.6 Å². The van der Waals surface area contributed by atoms with Gasteiger partial charge in [0.15, 0.2) is 0 Å². The maximum absolute atomic E-state index is 12.9. The number of hydroxylamine groups is 1. The molecule has 0 spiro atoms. The zero-order chi connectivity index (χ0) is 20.9. The summed E-state index contributed by atoms with van der Waals surface area (Å²) < 4.78 is 25.6. The second-order valence-electron chi connectivity index (χ2n) is 6.84. The number of carbonyl (C=O) groups excluding carboxylic acids is 2. The van der Waals surface area contributed by atoms with E-state index < -0.39 is 10.0 Å². The third-order valence-electron chi connectivity index (χ3n) is 4.71. The molecule has 0 N–H and O–H groups in total. The van der Waals surface area contributed by atoms with Crippen LogP contribution in [0.15, 0.2) is 29.2 Å². The summed E-state index contributed by atoms with van der Waals surface area (Å²) in [6, 6.07) is 5.94. The second-order valence-corrected chi connectivity index (χ2v) is 8.77. The molecule has 10 heteroatoms. The molecule has 0 radical (unpaired) electrons. The first-order chi connectivity index (χ1) is 13.2. The number of rotatable bonds is 6. The van der Waals surface area contributed by atoms with Gasteiger partial charge in [-0.2, -0.15) is 0 Å². The summed E-state index contributed by atoms with van der Waals surface area (Å²) in [4.78, 5) is 34.9. The summed E-state index contributed by atoms with van der Waals surface area (Å²) in [6.07, 6.45) is 0.747. The highest BCUT2D eigenvalue weighted by molar-refractivity contribution is 7.89. The summed E-state index contributed by atoms with van der Waals surface area (Å²) >= 11 is 0. The van der Waals surface area contributed by atoms with Crippen LogP contribution in [0.3, 0.4) is 0 Å². The SMILES string of the molecule is CON(C)S(=O)(=O)c1cccc(C(=O)N2CCCN(CC(=O)N(C)C)CC2)c1. The lowest BCUT2D eigenvalue weighted by atomic mass is 10.2. The van der Waals surface area contributed by atoms with Crippen molar-refractivity contribution in [2.45, 2.75) is 11.3 Å². The summed E-state index contributed by atoms with van der Waals surface area (Å²) in [5.41, 5.74) is 0.309. The Morgan fingerprint density at radius 3 is 2.46 bits per heavy atom. The predicted octanol–water partition coefficient (Wildman–Crippen LogP) is 0.105. The van der Waals surface area contributed by atoms with Crippen molar-refractivity contribution in [1.82, 2.24) is 19.2 Å². The summed E-state index contributed by atoms with van der Waals surface area (Å²) in [7, 11) is 2.17. The van der Waals surface area contributed by atoms with Crippen LogP contribution in [0.5, 0.6) is 0 Å². The molecule has 1 aliphatic heterocycles. The Bertz CT molecular complexity index is 812. The minimum absolute atomic E-state index is 0.00396. The van der Waals surface area contributed by atoms with E-state index in [0.29, 0.717) is 31.7 Å². The molecular weight excluding hydrogens is 384 g/mol. The largest absolute Gasteiger partial charge is 0.348 e. The first-order valence-corrected chi connectivity index (χ1v) is 10.5. The highest BCUT2D eigenvalue weighted by Crippen LogP contribution is 2.18. The molecule has 28 heavy (non-hydrogen) atoms. The number of benzene rings is 1. The fourth-order valence-corrected chi connectivity index (χ4v) is 3.90. The predicted molar refractivity (Wildman–Crippen MR) is 104 cm³/mol. The molecule has 0 unspecified atom stereocenters. The van der Waals surface area contributed by atoms with Crippen molar-refractivity contribution in [1.29, 1.82) is 0 Å². The Morgan fingerprint density at radius 1 is 1.11 bits per heavy atom. The van der Waals surface area contributed by atoms with E-state index in [0.717, 1.165) is 17.4 Å². The van der Waals surface area contributed by atoms with Gasteiger partial charge in [0.2, 0.25) is 5.91 Å². The van der Waals surface area contributed by atoms with Gasteiger partial charge in [0, 0.05) is 52.9 Å². The molecule has 1 heterocycles. The molecule has 0 saturated carbocycles. The van der Waals surface area contributed by atoms with Crippen LogP contribution >= 0.6 is 0 Å². The van der Waals surface area contributed by atoms with E-state index >= 15 is 0 Å². The average Bonchev–Trinajstić information content (AvgIpc) is 2.92. The Balaban J connectivity index is 2.10. The molecular formula is C18H28N4O5S. The van der Waals surface area contributed by atoms with E-state index in [2.05, 4.69) is 0 Å². The van der Waals surface area contributed by atoms with Crippen LogP contribution in [-0.2, 0) is 19.7 Å². The third kappa shape index (κ3) is 5.28. The highest BCUT2D eigenvalue weighted by Gasteiger charge is 2.25. The summed E-state index contributed by atoms with van der Waals surface area (Å²) in [5.74, 6) is -0.196. The number of likely N-dealkylation sites (N-methyl/N-ethyl adjacent to an activating group) is 1. The van der Waals surface area contributed by atoms with Crippen LogP contribution < -0.4 is 0 Å². The molecule has 156 valence electrons. The Morgan fingerprint density at radius 2 is 1.82 bits per heavy atom. The van der Waals surface area contributed by atoms with Gasteiger partial charge in [-0.1, -0.05) is 10.5 Å². The van der Waals surface area contributed by atoms with Crippen LogP contribution in [0.25, 0.3) is 0 Å². The van der Waals surface area contributed by atoms with Crippen LogP contribution in [0.1, 0.15) is 16.8 Å². The molecule has 1 saturated heterocycles. The Hall–Kier alpha value is -2.01. The number of hydrogen-bond acceptors (Lipinski definition) is 6. The van der Waals surface area contributed by atoms with Crippen LogP contribution in [0, 0.1) is 0 Å². The number of nitrogens with zero attached hydrogens (tertiary/aromatic N) is 4. The van der Waals surface area contributed by atoms with Crippen molar-refractivity contribution in [3.05, 3.63) is 29.8 Å². The maximum atomic E-state index is 12.9. The van der Waals surface area contributed by atoms with Crippen molar-refractivity contribution in [3.8, 4) is 0 Å². The zero-order valence-electron chi connectivity index (χ0n) is 16.8. The highest BCUT2D eigenvalue weighted by atomic mass is 32.2. The fourth-order valence-electron chi connectivity index (χ4n) is 2.88. The fraction of sp³-hybridized carbons (Fsp3) is 0.556. The smallest absolute Gasteiger partial charge is 0.264 e. The van der Waals surface area contributed by atoms with Crippen molar-refractivity contribution in [2.75, 3.05) is 61.0 Å². The van der Waals surface area contributed by atoms with Gasteiger partial charge in [-0.3, -0.25) is 19.3 Å². The molecule has 1 aliphatic rings. The van der Waals surface area contributed by atoms with Crippen molar-refractivity contribution in [3.63, 3.8) is 0 Å². The molecule has 0 aliphatic carbocycles. The van der Waals surface area contributed by atoms with E-state index in [1.165, 1.54) is 26.3 Å². The van der Waals surface area contributed by atoms with E-state index in [4.69, 9.17) is 4.84 Å². The number of sulfonamides is 1. The van der Waals surface area contributed by atoms with Gasteiger partial charge in [0.25, 0.3) is 15.9 Å². The van der Waals surface area contributed by atoms with E-state index in [-0.39, 0.29) is 16.7 Å². The van der Waals surface area contributed by atoms with Gasteiger partial charge < -0.3 is 9.80 Å². The van der Waals surface area contributed by atoms with Crippen molar-refractivity contribution >= 4 is 21.8 Å². The molecule has 0 atom stereocenters. The lowest BCUT2D eigenvalue weighted by Gasteiger charge is -2.23. The van der Waals surface area contributed by atoms with Crippen LogP contribution in [-0.4, -0.2) is 100 Å². The monoisotopic (exact) mass is 412 g/mol. The van der Waals surface area contributed by atoms with Gasteiger partial charge in [0.1, 0.15) is 0 Å². The number of amides is 2. The number of hydrogen-bond donors (Lipinski definition) is 0. The molecule has 1 fully saturated rings. The first-order valence-electron chi connectivity index (χ1n) is 9.01. The molecule has 9 nitrogen and oxygen atoms in total. The van der Waals surface area contributed by atoms with Crippen molar-refractivity contribution < 1.29 is 22.8 Å². The number of carbonyl (C=O) groups is 2. The molecule has 2 amide bonds. The topological polar surface area (TPSA) is 90.5 Å². The summed E-state index contributed by atoms with van der Waals surface area (Å²) in [5, 5.41) is 0. The minimum atomic E-state index is -3.82. The van der Waals surface area contributed by atoms with E-state index in [9.17, 15) is 18.0 Å². The van der Waals surface area contributed by atoms with Crippen molar-refractivity contribution in [2.24, 2.45) is 0 Å². The quantitative estimate of drug-likeness (QED) is 0.616. The third-order valence-corrected chi connectivity index (χ3v) is 6.38.